The van der Waals surface area contributed by atoms with Crippen molar-refractivity contribution >= 4 is 5.78 Å². The Morgan fingerprint density at radius 3 is 2.27 bits per heavy atom. The molecule has 3 nitrogen and oxygen atoms in total. The first-order valence-corrected chi connectivity index (χ1v) is 8.58. The second kappa shape index (κ2) is 9.75. The zero-order valence-electron chi connectivity index (χ0n) is 14.7. The van der Waals surface area contributed by atoms with E-state index >= 15 is 0 Å². The van der Waals surface area contributed by atoms with Crippen molar-refractivity contribution in [3.63, 3.8) is 0 Å². The van der Waals surface area contributed by atoms with Crippen LogP contribution in [0.1, 0.15) is 56.0 Å². The predicted octanol–water partition coefficient (Wildman–Crippen LogP) is 4.06. The Bertz CT molecular complexity index is 435. The van der Waals surface area contributed by atoms with Crippen molar-refractivity contribution in [2.75, 3.05) is 33.3 Å². The Morgan fingerprint density at radius 2 is 1.73 bits per heavy atom. The Morgan fingerprint density at radius 1 is 1.09 bits per heavy atom. The van der Waals surface area contributed by atoms with Crippen molar-refractivity contribution in [2.24, 2.45) is 0 Å². The molecule has 0 unspecified atom stereocenters. The molecule has 0 radical (unpaired) electrons. The molecule has 0 aliphatic carbocycles. The maximum absolute atomic E-state index is 12.3. The summed E-state index contributed by atoms with van der Waals surface area (Å²) in [5, 5.41) is 0. The van der Waals surface area contributed by atoms with Crippen LogP contribution in [0.25, 0.3) is 0 Å². The summed E-state index contributed by atoms with van der Waals surface area (Å²) in [4.78, 5) is 12.3. The van der Waals surface area contributed by atoms with Gasteiger partial charge in [-0.25, -0.2) is 0 Å². The van der Waals surface area contributed by atoms with Gasteiger partial charge in [0.25, 0.3) is 0 Å². The van der Waals surface area contributed by atoms with Gasteiger partial charge in [0.2, 0.25) is 0 Å². The van der Waals surface area contributed by atoms with Crippen LogP contribution >= 0.6 is 0 Å². The summed E-state index contributed by atoms with van der Waals surface area (Å²) >= 11 is 0. The molecule has 0 aliphatic rings. The average molecular weight is 306 g/mol. The van der Waals surface area contributed by atoms with Crippen LogP contribution in [0.2, 0.25) is 0 Å². The molecule has 0 amide bonds. The number of ketones is 1. The molecule has 0 aliphatic heterocycles. The lowest BCUT2D eigenvalue weighted by Crippen LogP contribution is -2.44. The van der Waals surface area contributed by atoms with E-state index in [1.165, 1.54) is 0 Å². The topological polar surface area (TPSA) is 26.3 Å². The highest BCUT2D eigenvalue weighted by Gasteiger charge is 2.18. The first-order valence-electron chi connectivity index (χ1n) is 8.58. The monoisotopic (exact) mass is 306 g/mol. The number of nitrogens with zero attached hydrogens (tertiary/aromatic N) is 1. The smallest absolute Gasteiger partial charge is 0.168 e. The lowest BCUT2D eigenvalue weighted by molar-refractivity contribution is -0.905. The second-order valence-electron chi connectivity index (χ2n) is 6.25. The molecule has 22 heavy (non-hydrogen) atoms. The molecule has 1 rings (SSSR count). The van der Waals surface area contributed by atoms with E-state index in [2.05, 4.69) is 27.8 Å². The van der Waals surface area contributed by atoms with Gasteiger partial charge < -0.3 is 9.22 Å². The normalized spacial score (nSPS) is 11.6. The molecular weight excluding hydrogens is 274 g/mol. The lowest BCUT2D eigenvalue weighted by atomic mass is 10.1. The Hall–Kier alpha value is -1.19. The third-order valence-corrected chi connectivity index (χ3v) is 4.59. The summed E-state index contributed by atoms with van der Waals surface area (Å²) in [7, 11) is 2.21. The highest BCUT2D eigenvalue weighted by molar-refractivity contribution is 5.96. The van der Waals surface area contributed by atoms with Crippen LogP contribution in [0.3, 0.4) is 0 Å². The molecule has 0 saturated carbocycles. The number of benzene rings is 1. The zero-order valence-corrected chi connectivity index (χ0v) is 14.7. The van der Waals surface area contributed by atoms with Crippen LogP contribution in [-0.2, 0) is 11.3 Å². The number of ether oxygens (including phenoxy) is 1. The molecule has 0 bridgehead atoms. The van der Waals surface area contributed by atoms with E-state index in [0.717, 1.165) is 54.7 Å². The quantitative estimate of drug-likeness (QED) is 0.350. The van der Waals surface area contributed by atoms with Crippen molar-refractivity contribution in [3.05, 3.63) is 35.4 Å². The van der Waals surface area contributed by atoms with Crippen LogP contribution in [-0.4, -0.2) is 43.6 Å². The summed E-state index contributed by atoms with van der Waals surface area (Å²) in [6, 6.07) is 7.88. The van der Waals surface area contributed by atoms with E-state index in [0.29, 0.717) is 13.0 Å². The molecule has 3 heteroatoms. The first-order chi connectivity index (χ1) is 10.5. The zero-order chi connectivity index (χ0) is 16.4. The number of unbranched alkanes of at least 4 members (excludes halogenated alkanes) is 1. The number of hydrogen-bond acceptors (Lipinski definition) is 2. The average Bonchev–Trinajstić information content (AvgIpc) is 2.57. The fourth-order valence-electron chi connectivity index (χ4n) is 2.28. The number of Topliss-reactive ketones (excluding diaryl/α,β-unsaturated/α-hetero) is 1. The van der Waals surface area contributed by atoms with E-state index < -0.39 is 0 Å². The highest BCUT2D eigenvalue weighted by Crippen LogP contribution is 2.11. The summed E-state index contributed by atoms with van der Waals surface area (Å²) in [6.45, 7) is 11.0. The fourth-order valence-corrected chi connectivity index (χ4v) is 2.28. The maximum Gasteiger partial charge on any atom is 0.168 e. The van der Waals surface area contributed by atoms with Gasteiger partial charge in [0.1, 0.15) is 0 Å². The number of quaternary nitrogens is 1. The standard InChI is InChI=1S/C19H32NO2/c1-5-8-15-22-16-17-9-11-18(12-10-17)19(21)13-14-20(4,6-2)7-3/h9-12H,5-8,13-16H2,1-4H3/q+1. The van der Waals surface area contributed by atoms with E-state index in [9.17, 15) is 4.79 Å². The minimum atomic E-state index is 0.240. The van der Waals surface area contributed by atoms with Crippen LogP contribution < -0.4 is 0 Å². The van der Waals surface area contributed by atoms with Gasteiger partial charge in [0, 0.05) is 12.2 Å². The van der Waals surface area contributed by atoms with Crippen molar-refractivity contribution in [1.82, 2.24) is 0 Å². The molecule has 0 saturated heterocycles. The van der Waals surface area contributed by atoms with Gasteiger partial charge in [-0.1, -0.05) is 37.6 Å². The van der Waals surface area contributed by atoms with Crippen molar-refractivity contribution < 1.29 is 14.0 Å². The Balaban J connectivity index is 2.46. The SMILES string of the molecule is CCCCOCc1ccc(C(=O)CC[N+](C)(CC)CC)cc1. The minimum Gasteiger partial charge on any atom is -0.377 e. The van der Waals surface area contributed by atoms with Gasteiger partial charge in [-0.2, -0.15) is 0 Å². The van der Waals surface area contributed by atoms with Crippen molar-refractivity contribution in [1.29, 1.82) is 0 Å². The van der Waals surface area contributed by atoms with Gasteiger partial charge in [-0.3, -0.25) is 4.79 Å². The molecule has 0 heterocycles. The number of carbonyl (C=O) groups excluding carboxylic acids is 1. The number of rotatable bonds is 11. The molecular formula is C19H32NO2+. The summed E-state index contributed by atoms with van der Waals surface area (Å²) < 4.78 is 6.55. The number of hydrogen-bond donors (Lipinski definition) is 0. The largest absolute Gasteiger partial charge is 0.377 e. The van der Waals surface area contributed by atoms with Crippen molar-refractivity contribution in [3.8, 4) is 0 Å². The summed E-state index contributed by atoms with van der Waals surface area (Å²) in [5.41, 5.74) is 1.95. The summed E-state index contributed by atoms with van der Waals surface area (Å²) in [5.74, 6) is 0.240. The molecule has 0 aromatic heterocycles. The molecule has 1 aromatic rings. The molecule has 0 fully saturated rings. The third kappa shape index (κ3) is 6.29. The second-order valence-corrected chi connectivity index (χ2v) is 6.25. The molecule has 0 spiro atoms. The molecule has 0 N–H and O–H groups in total. The molecule has 1 aromatic carbocycles. The van der Waals surface area contributed by atoms with E-state index in [1.807, 2.05) is 24.3 Å². The highest BCUT2D eigenvalue weighted by atomic mass is 16.5. The third-order valence-electron chi connectivity index (χ3n) is 4.59. The number of carbonyl (C=O) groups is 1. The van der Waals surface area contributed by atoms with E-state index in [4.69, 9.17) is 4.74 Å². The van der Waals surface area contributed by atoms with Gasteiger partial charge in [-0.05, 0) is 25.8 Å². The van der Waals surface area contributed by atoms with Gasteiger partial charge in [0.05, 0.1) is 39.7 Å². The fraction of sp³-hybridized carbons (Fsp3) is 0.632. The van der Waals surface area contributed by atoms with Gasteiger partial charge in [0.15, 0.2) is 5.78 Å². The summed E-state index contributed by atoms with van der Waals surface area (Å²) in [6.07, 6.45) is 2.87. The Kier molecular flexibility index (Phi) is 8.36. The van der Waals surface area contributed by atoms with Crippen LogP contribution in [0.4, 0.5) is 0 Å². The van der Waals surface area contributed by atoms with Crippen LogP contribution in [0, 0.1) is 0 Å². The maximum atomic E-state index is 12.3. The lowest BCUT2D eigenvalue weighted by Gasteiger charge is -2.31. The first kappa shape index (κ1) is 18.9. The van der Waals surface area contributed by atoms with E-state index in [-0.39, 0.29) is 5.78 Å². The predicted molar refractivity (Wildman–Crippen MR) is 92.1 cm³/mol. The van der Waals surface area contributed by atoms with Gasteiger partial charge in [-0.15, -0.1) is 0 Å². The van der Waals surface area contributed by atoms with Gasteiger partial charge >= 0.3 is 0 Å². The van der Waals surface area contributed by atoms with E-state index in [1.54, 1.807) is 0 Å². The van der Waals surface area contributed by atoms with Crippen LogP contribution in [0.15, 0.2) is 24.3 Å². The Labute approximate surface area is 135 Å². The molecule has 124 valence electrons. The van der Waals surface area contributed by atoms with Crippen LogP contribution in [0.5, 0.6) is 0 Å². The van der Waals surface area contributed by atoms with Crippen molar-refractivity contribution in [2.45, 2.75) is 46.6 Å². The minimum absolute atomic E-state index is 0.240. The molecule has 0 atom stereocenters.